The van der Waals surface area contributed by atoms with E-state index < -0.39 is 5.41 Å². The molecular formula is C19H21ClN4O3. The zero-order valence-corrected chi connectivity index (χ0v) is 16.3. The van der Waals surface area contributed by atoms with Gasteiger partial charge in [-0.2, -0.15) is 0 Å². The van der Waals surface area contributed by atoms with Crippen molar-refractivity contribution >= 4 is 34.9 Å². The SMILES string of the molecule is CC(C)N1C(=O)[C@]2(CC(=O)Nc3c2c(=O)[nH]n3C(C)C)c2cc(Cl)ccc21. The van der Waals surface area contributed by atoms with Gasteiger partial charge in [0.15, 0.2) is 0 Å². The number of fused-ring (bicyclic) bond motifs is 4. The van der Waals surface area contributed by atoms with Gasteiger partial charge < -0.3 is 10.2 Å². The molecular weight excluding hydrogens is 368 g/mol. The summed E-state index contributed by atoms with van der Waals surface area (Å²) in [4.78, 5) is 40.9. The monoisotopic (exact) mass is 388 g/mol. The summed E-state index contributed by atoms with van der Waals surface area (Å²) < 4.78 is 1.60. The molecule has 7 nitrogen and oxygen atoms in total. The Morgan fingerprint density at radius 3 is 2.44 bits per heavy atom. The van der Waals surface area contributed by atoms with Crippen LogP contribution in [0.15, 0.2) is 23.0 Å². The van der Waals surface area contributed by atoms with Crippen molar-refractivity contribution in [3.63, 3.8) is 0 Å². The molecule has 1 aromatic heterocycles. The van der Waals surface area contributed by atoms with Gasteiger partial charge in [-0.25, -0.2) is 0 Å². The fourth-order valence-corrected chi connectivity index (χ4v) is 4.45. The molecule has 1 spiro atoms. The van der Waals surface area contributed by atoms with Gasteiger partial charge in [0.25, 0.3) is 5.56 Å². The Labute approximate surface area is 161 Å². The van der Waals surface area contributed by atoms with E-state index in [0.29, 0.717) is 22.1 Å². The number of carbonyl (C=O) groups excluding carboxylic acids is 2. The Bertz CT molecular complexity index is 1040. The van der Waals surface area contributed by atoms with Crippen molar-refractivity contribution in [2.75, 3.05) is 10.2 Å². The third kappa shape index (κ3) is 2.24. The smallest absolute Gasteiger partial charge is 0.270 e. The fraction of sp³-hybridized carbons (Fsp3) is 0.421. The standard InChI is InChI=1S/C19H21ClN4O3/c1-9(2)23-13-6-5-11(20)7-12(13)19(18(23)27)8-14(25)21-16-15(19)17(26)22-24(16)10(3)4/h5-7,9-10H,8H2,1-4H3,(H,21,25)(H,22,26)/t19-/m1/s1. The molecule has 0 bridgehead atoms. The molecule has 2 aliphatic rings. The van der Waals surface area contributed by atoms with Gasteiger partial charge in [0.1, 0.15) is 11.2 Å². The molecule has 0 fully saturated rings. The second-order valence-electron chi connectivity index (χ2n) is 7.69. The molecule has 4 rings (SSSR count). The summed E-state index contributed by atoms with van der Waals surface area (Å²) in [7, 11) is 0. The molecule has 2 N–H and O–H groups in total. The molecule has 2 aliphatic heterocycles. The number of H-pyrrole nitrogens is 1. The van der Waals surface area contributed by atoms with Gasteiger partial charge in [-0.05, 0) is 51.5 Å². The number of nitrogens with one attached hydrogen (secondary N) is 2. The largest absolute Gasteiger partial charge is 0.311 e. The summed E-state index contributed by atoms with van der Waals surface area (Å²) >= 11 is 6.24. The first kappa shape index (κ1) is 17.9. The zero-order valence-electron chi connectivity index (χ0n) is 15.6. The number of carbonyl (C=O) groups is 2. The maximum atomic E-state index is 13.7. The minimum Gasteiger partial charge on any atom is -0.311 e. The normalized spacial score (nSPS) is 21.2. The minimum atomic E-state index is -1.37. The molecule has 1 aromatic carbocycles. The lowest BCUT2D eigenvalue weighted by Crippen LogP contribution is -2.50. The van der Waals surface area contributed by atoms with Gasteiger partial charge in [-0.1, -0.05) is 11.6 Å². The highest BCUT2D eigenvalue weighted by Gasteiger charge is 2.58. The van der Waals surface area contributed by atoms with E-state index >= 15 is 0 Å². The maximum Gasteiger partial charge on any atom is 0.270 e. The Morgan fingerprint density at radius 1 is 1.11 bits per heavy atom. The van der Waals surface area contributed by atoms with Crippen molar-refractivity contribution in [2.45, 2.75) is 51.6 Å². The van der Waals surface area contributed by atoms with Gasteiger partial charge in [0.2, 0.25) is 11.8 Å². The number of rotatable bonds is 2. The van der Waals surface area contributed by atoms with Gasteiger partial charge in [0.05, 0.1) is 12.0 Å². The number of anilines is 2. The van der Waals surface area contributed by atoms with Gasteiger partial charge in [-0.3, -0.25) is 24.2 Å². The van der Waals surface area contributed by atoms with Crippen molar-refractivity contribution in [3.05, 3.63) is 44.7 Å². The second kappa shape index (κ2) is 5.73. The topological polar surface area (TPSA) is 87.2 Å². The van der Waals surface area contributed by atoms with Gasteiger partial charge in [-0.15, -0.1) is 0 Å². The maximum absolute atomic E-state index is 13.7. The van der Waals surface area contributed by atoms with Crippen LogP contribution >= 0.6 is 11.6 Å². The fourth-order valence-electron chi connectivity index (χ4n) is 4.28. The van der Waals surface area contributed by atoms with Crippen LogP contribution in [0.2, 0.25) is 5.02 Å². The molecule has 0 aliphatic carbocycles. The van der Waals surface area contributed by atoms with E-state index in [-0.39, 0.29) is 41.4 Å². The second-order valence-corrected chi connectivity index (χ2v) is 8.13. The van der Waals surface area contributed by atoms with Gasteiger partial charge >= 0.3 is 0 Å². The van der Waals surface area contributed by atoms with E-state index in [4.69, 9.17) is 11.6 Å². The highest BCUT2D eigenvalue weighted by molar-refractivity contribution is 6.31. The van der Waals surface area contributed by atoms with E-state index in [0.717, 1.165) is 0 Å². The van der Waals surface area contributed by atoms with Crippen molar-refractivity contribution in [3.8, 4) is 0 Å². The number of benzene rings is 1. The van der Waals surface area contributed by atoms with Crippen LogP contribution in [0.3, 0.4) is 0 Å². The van der Waals surface area contributed by atoms with Crippen molar-refractivity contribution < 1.29 is 9.59 Å². The van der Waals surface area contributed by atoms with Crippen LogP contribution in [0.4, 0.5) is 11.5 Å². The molecule has 0 radical (unpaired) electrons. The summed E-state index contributed by atoms with van der Waals surface area (Å²) in [6.07, 6.45) is -0.124. The lowest BCUT2D eigenvalue weighted by atomic mass is 9.71. The number of aromatic nitrogens is 2. The van der Waals surface area contributed by atoms with Crippen LogP contribution < -0.4 is 15.8 Å². The van der Waals surface area contributed by atoms with Crippen LogP contribution in [-0.4, -0.2) is 27.6 Å². The highest BCUT2D eigenvalue weighted by atomic mass is 35.5. The van der Waals surface area contributed by atoms with Crippen molar-refractivity contribution in [2.24, 2.45) is 0 Å². The molecule has 3 heterocycles. The van der Waals surface area contributed by atoms with Gasteiger partial charge in [0, 0.05) is 22.8 Å². The third-order valence-electron chi connectivity index (χ3n) is 5.33. The van der Waals surface area contributed by atoms with E-state index in [1.807, 2.05) is 27.7 Å². The molecule has 0 saturated heterocycles. The van der Waals surface area contributed by atoms with Crippen LogP contribution in [0.25, 0.3) is 0 Å². The summed E-state index contributed by atoms with van der Waals surface area (Å²) in [6.45, 7) is 7.60. The highest BCUT2D eigenvalue weighted by Crippen LogP contribution is 2.52. The summed E-state index contributed by atoms with van der Waals surface area (Å²) in [5.74, 6) is -0.213. The number of amides is 2. The summed E-state index contributed by atoms with van der Waals surface area (Å²) in [5.41, 5.74) is -0.153. The van der Waals surface area contributed by atoms with E-state index in [9.17, 15) is 14.4 Å². The molecule has 0 saturated carbocycles. The predicted molar refractivity (Wildman–Crippen MR) is 104 cm³/mol. The van der Waals surface area contributed by atoms with Crippen LogP contribution in [0.5, 0.6) is 0 Å². The Morgan fingerprint density at radius 2 is 1.81 bits per heavy atom. The number of halogens is 1. The Balaban J connectivity index is 2.11. The average molecular weight is 389 g/mol. The van der Waals surface area contributed by atoms with Crippen LogP contribution in [0, 0.1) is 0 Å². The Kier molecular flexibility index (Phi) is 3.79. The lowest BCUT2D eigenvalue weighted by Gasteiger charge is -2.33. The molecule has 27 heavy (non-hydrogen) atoms. The molecule has 0 unspecified atom stereocenters. The summed E-state index contributed by atoms with van der Waals surface area (Å²) in [6, 6.07) is 4.98. The van der Waals surface area contributed by atoms with Crippen molar-refractivity contribution in [1.29, 1.82) is 0 Å². The molecule has 2 aromatic rings. The first-order valence-corrected chi connectivity index (χ1v) is 9.34. The number of nitrogens with zero attached hydrogens (tertiary/aromatic N) is 2. The first-order chi connectivity index (χ1) is 12.7. The molecule has 8 heteroatoms. The minimum absolute atomic E-state index is 0.0894. The Hall–Kier alpha value is -2.54. The third-order valence-corrected chi connectivity index (χ3v) is 5.57. The quantitative estimate of drug-likeness (QED) is 0.829. The van der Waals surface area contributed by atoms with Crippen molar-refractivity contribution in [1.82, 2.24) is 9.78 Å². The first-order valence-electron chi connectivity index (χ1n) is 8.97. The van der Waals surface area contributed by atoms with Crippen LogP contribution in [0.1, 0.15) is 51.3 Å². The van der Waals surface area contributed by atoms with E-state index in [2.05, 4.69) is 10.4 Å². The van der Waals surface area contributed by atoms with E-state index in [1.54, 1.807) is 27.8 Å². The number of hydrogen-bond donors (Lipinski definition) is 2. The zero-order chi connectivity index (χ0) is 19.7. The van der Waals surface area contributed by atoms with Crippen LogP contribution in [-0.2, 0) is 15.0 Å². The lowest BCUT2D eigenvalue weighted by molar-refractivity contribution is -0.127. The molecule has 142 valence electrons. The van der Waals surface area contributed by atoms with E-state index in [1.165, 1.54) is 0 Å². The predicted octanol–water partition coefficient (Wildman–Crippen LogP) is 2.79. The average Bonchev–Trinajstić information content (AvgIpc) is 3.02. The molecule has 2 amide bonds. The number of aromatic amines is 1. The number of hydrogen-bond acceptors (Lipinski definition) is 3. The molecule has 1 atom stereocenters. The summed E-state index contributed by atoms with van der Waals surface area (Å²) in [5, 5.41) is 6.02.